The molecule has 0 saturated carbocycles. The molecule has 0 saturated heterocycles. The van der Waals surface area contributed by atoms with Crippen molar-refractivity contribution in [2.24, 2.45) is 0 Å². The molecule has 0 fully saturated rings. The van der Waals surface area contributed by atoms with E-state index >= 15 is 0 Å². The van der Waals surface area contributed by atoms with Gasteiger partial charge in [0, 0.05) is 16.5 Å². The van der Waals surface area contributed by atoms with E-state index in [2.05, 4.69) is 38.0 Å². The lowest BCUT2D eigenvalue weighted by atomic mass is 9.99. The van der Waals surface area contributed by atoms with Crippen molar-refractivity contribution in [1.82, 2.24) is 9.97 Å². The van der Waals surface area contributed by atoms with Gasteiger partial charge in [-0.25, -0.2) is 4.98 Å². The summed E-state index contributed by atoms with van der Waals surface area (Å²) < 4.78 is 6.71. The van der Waals surface area contributed by atoms with Crippen molar-refractivity contribution in [3.05, 3.63) is 46.5 Å². The number of halogens is 1. The van der Waals surface area contributed by atoms with Gasteiger partial charge in [0.05, 0.1) is 24.8 Å². The van der Waals surface area contributed by atoms with Crippen LogP contribution in [0, 0.1) is 0 Å². The van der Waals surface area contributed by atoms with Crippen molar-refractivity contribution in [2.75, 3.05) is 6.61 Å². The first-order chi connectivity index (χ1) is 8.33. The Bertz CT molecular complexity index is 561. The van der Waals surface area contributed by atoms with Gasteiger partial charge in [-0.15, -0.1) is 0 Å². The Morgan fingerprint density at radius 2 is 2.35 bits per heavy atom. The van der Waals surface area contributed by atoms with E-state index in [-0.39, 0.29) is 0 Å². The van der Waals surface area contributed by atoms with Crippen molar-refractivity contribution < 1.29 is 4.74 Å². The van der Waals surface area contributed by atoms with Crippen LogP contribution in [0.4, 0.5) is 0 Å². The molecule has 1 aromatic carbocycles. The Morgan fingerprint density at radius 3 is 3.18 bits per heavy atom. The van der Waals surface area contributed by atoms with Gasteiger partial charge in [0.15, 0.2) is 0 Å². The van der Waals surface area contributed by atoms with E-state index in [1.54, 1.807) is 6.33 Å². The number of H-pyrrole nitrogens is 1. The molecule has 4 heteroatoms. The first kappa shape index (κ1) is 10.6. The van der Waals surface area contributed by atoms with E-state index in [1.807, 2.05) is 18.3 Å². The number of hydrogen-bond donors (Lipinski definition) is 1. The molecule has 0 bridgehead atoms. The summed E-state index contributed by atoms with van der Waals surface area (Å²) in [6, 6.07) is 6.09. The van der Waals surface area contributed by atoms with Crippen LogP contribution >= 0.6 is 15.9 Å². The number of aromatic nitrogens is 2. The van der Waals surface area contributed by atoms with Crippen LogP contribution in [0.3, 0.4) is 0 Å². The van der Waals surface area contributed by atoms with Crippen LogP contribution in [0.2, 0.25) is 0 Å². The zero-order chi connectivity index (χ0) is 11.7. The average Bonchev–Trinajstić information content (AvgIpc) is 2.83. The van der Waals surface area contributed by atoms with E-state index in [0.29, 0.717) is 0 Å². The van der Waals surface area contributed by atoms with Crippen LogP contribution < -0.4 is 4.74 Å². The maximum absolute atomic E-state index is 5.64. The molecule has 0 amide bonds. The summed E-state index contributed by atoms with van der Waals surface area (Å²) in [5.41, 5.74) is 3.45. The summed E-state index contributed by atoms with van der Waals surface area (Å²) in [4.78, 5) is 7.11. The van der Waals surface area contributed by atoms with Crippen LogP contribution in [0.15, 0.2) is 35.2 Å². The number of aromatic amines is 1. The van der Waals surface area contributed by atoms with Gasteiger partial charge in [0.25, 0.3) is 0 Å². The first-order valence-electron chi connectivity index (χ1n) is 5.44. The average molecular weight is 291 g/mol. The number of nitrogens with zero attached hydrogens (tertiary/aromatic N) is 1. The van der Waals surface area contributed by atoms with E-state index in [4.69, 9.17) is 4.74 Å². The number of nitrogens with one attached hydrogen (secondary N) is 1. The Labute approximate surface area is 108 Å². The Balaban J connectivity index is 2.07. The van der Waals surface area contributed by atoms with Gasteiger partial charge < -0.3 is 9.72 Å². The standard InChI is InChI=1S/C13H11BrN2O/c14-10-1-2-13-12(6-10)9(3-4-17-13)5-11-7-15-8-16-11/h1-2,5-8H,3-4H2,(H,15,16). The molecular formula is C13H11BrN2O. The number of ether oxygens (including phenoxy) is 1. The van der Waals surface area contributed by atoms with Gasteiger partial charge in [0.1, 0.15) is 5.75 Å². The highest BCUT2D eigenvalue weighted by Gasteiger charge is 2.15. The molecule has 2 aromatic rings. The molecule has 1 aliphatic rings. The van der Waals surface area contributed by atoms with Crippen molar-refractivity contribution in [3.63, 3.8) is 0 Å². The maximum atomic E-state index is 5.64. The lowest BCUT2D eigenvalue weighted by Gasteiger charge is -2.20. The third kappa shape index (κ3) is 2.13. The second-order valence-corrected chi connectivity index (χ2v) is 4.83. The van der Waals surface area contributed by atoms with E-state index in [9.17, 15) is 0 Å². The fourth-order valence-corrected chi connectivity index (χ4v) is 2.33. The predicted molar refractivity (Wildman–Crippen MR) is 70.7 cm³/mol. The molecule has 2 heterocycles. The zero-order valence-electron chi connectivity index (χ0n) is 9.11. The largest absolute Gasteiger partial charge is 0.493 e. The van der Waals surface area contributed by atoms with Crippen LogP contribution in [-0.4, -0.2) is 16.6 Å². The molecule has 0 radical (unpaired) electrons. The van der Waals surface area contributed by atoms with Crippen molar-refractivity contribution >= 4 is 27.6 Å². The molecular weight excluding hydrogens is 280 g/mol. The van der Waals surface area contributed by atoms with Crippen molar-refractivity contribution in [3.8, 4) is 5.75 Å². The van der Waals surface area contributed by atoms with Crippen LogP contribution in [0.5, 0.6) is 5.75 Å². The van der Waals surface area contributed by atoms with Crippen LogP contribution in [-0.2, 0) is 0 Å². The quantitative estimate of drug-likeness (QED) is 0.873. The summed E-state index contributed by atoms with van der Waals surface area (Å²) in [7, 11) is 0. The highest BCUT2D eigenvalue weighted by Crippen LogP contribution is 2.35. The van der Waals surface area contributed by atoms with Crippen molar-refractivity contribution in [1.29, 1.82) is 0 Å². The summed E-state index contributed by atoms with van der Waals surface area (Å²) in [5.74, 6) is 0.949. The summed E-state index contributed by atoms with van der Waals surface area (Å²) in [6.07, 6.45) is 6.55. The summed E-state index contributed by atoms with van der Waals surface area (Å²) in [6.45, 7) is 0.731. The molecule has 86 valence electrons. The van der Waals surface area contributed by atoms with Crippen molar-refractivity contribution in [2.45, 2.75) is 6.42 Å². The third-order valence-electron chi connectivity index (χ3n) is 2.77. The van der Waals surface area contributed by atoms with Crippen LogP contribution in [0.25, 0.3) is 11.6 Å². The van der Waals surface area contributed by atoms with E-state index < -0.39 is 0 Å². The second kappa shape index (κ2) is 4.37. The van der Waals surface area contributed by atoms with E-state index in [1.165, 1.54) is 5.57 Å². The molecule has 0 spiro atoms. The molecule has 3 nitrogen and oxygen atoms in total. The fourth-order valence-electron chi connectivity index (χ4n) is 1.97. The summed E-state index contributed by atoms with van der Waals surface area (Å²) >= 11 is 3.49. The van der Waals surface area contributed by atoms with Gasteiger partial charge in [0.2, 0.25) is 0 Å². The molecule has 0 unspecified atom stereocenters. The van der Waals surface area contributed by atoms with Gasteiger partial charge in [-0.3, -0.25) is 0 Å². The molecule has 17 heavy (non-hydrogen) atoms. The van der Waals surface area contributed by atoms with Crippen LogP contribution in [0.1, 0.15) is 17.7 Å². The molecule has 3 rings (SSSR count). The Kier molecular flexibility index (Phi) is 2.73. The SMILES string of the molecule is Brc1ccc2c(c1)C(=Cc1cnc[nH]1)CCO2. The molecule has 1 aliphatic heterocycles. The number of fused-ring (bicyclic) bond motifs is 1. The highest BCUT2D eigenvalue weighted by atomic mass is 79.9. The van der Waals surface area contributed by atoms with E-state index in [0.717, 1.165) is 34.5 Å². The van der Waals surface area contributed by atoms with Gasteiger partial charge in [-0.05, 0) is 29.8 Å². The molecule has 0 atom stereocenters. The number of benzene rings is 1. The normalized spacial score (nSPS) is 16.6. The van der Waals surface area contributed by atoms with Gasteiger partial charge >= 0.3 is 0 Å². The second-order valence-electron chi connectivity index (χ2n) is 3.92. The number of imidazole rings is 1. The monoisotopic (exact) mass is 290 g/mol. The van der Waals surface area contributed by atoms with Gasteiger partial charge in [-0.2, -0.15) is 0 Å². The Hall–Kier alpha value is -1.55. The third-order valence-corrected chi connectivity index (χ3v) is 3.26. The maximum Gasteiger partial charge on any atom is 0.126 e. The minimum atomic E-state index is 0.731. The summed E-state index contributed by atoms with van der Waals surface area (Å²) in [5, 5.41) is 0. The lowest BCUT2D eigenvalue weighted by molar-refractivity contribution is 0.316. The minimum Gasteiger partial charge on any atom is -0.493 e. The molecule has 1 aromatic heterocycles. The fraction of sp³-hybridized carbons (Fsp3) is 0.154. The first-order valence-corrected chi connectivity index (χ1v) is 6.24. The minimum absolute atomic E-state index is 0.731. The smallest absolute Gasteiger partial charge is 0.126 e. The Morgan fingerprint density at radius 1 is 1.41 bits per heavy atom. The predicted octanol–water partition coefficient (Wildman–Crippen LogP) is 3.50. The molecule has 0 aliphatic carbocycles. The lowest BCUT2D eigenvalue weighted by Crippen LogP contribution is -2.07. The zero-order valence-corrected chi connectivity index (χ0v) is 10.7. The topological polar surface area (TPSA) is 37.9 Å². The van der Waals surface area contributed by atoms with Gasteiger partial charge in [-0.1, -0.05) is 15.9 Å². The number of rotatable bonds is 1. The molecule has 1 N–H and O–H groups in total. The highest BCUT2D eigenvalue weighted by molar-refractivity contribution is 9.10. The number of hydrogen-bond acceptors (Lipinski definition) is 2.